The van der Waals surface area contributed by atoms with Crippen LogP contribution in [0.25, 0.3) is 32.8 Å². The number of nitrogens with zero attached hydrogens (tertiary/aromatic N) is 3. The number of hydrogen-bond acceptors (Lipinski definition) is 4. The molecule has 0 saturated carbocycles. The first-order valence-corrected chi connectivity index (χ1v) is 13.5. The maximum atomic E-state index is 11.6. The Kier molecular flexibility index (Phi) is 5.30. The molecule has 4 rings (SSSR count). The summed E-state index contributed by atoms with van der Waals surface area (Å²) >= 11 is 0. The number of ether oxygens (including phenoxy) is 1. The Morgan fingerprint density at radius 2 is 1.90 bits per heavy atom. The van der Waals surface area contributed by atoms with Crippen LogP contribution in [-0.4, -0.2) is 35.7 Å². The first kappa shape index (κ1) is 19.5. The number of carbonyl (C=O) groups is 1. The lowest BCUT2D eigenvalue weighted by molar-refractivity contribution is 0.0812. The molecule has 0 saturated heterocycles. The number of benzene rings is 2. The highest BCUT2D eigenvalue weighted by Crippen LogP contribution is 2.31. The van der Waals surface area contributed by atoms with E-state index < -0.39 is 8.07 Å². The average molecular weight is 404 g/mol. The maximum absolute atomic E-state index is 11.6. The largest absolute Gasteiger partial charge is 0.360 e. The number of aldehydes is 1. The Morgan fingerprint density at radius 1 is 1.07 bits per heavy atom. The third kappa shape index (κ3) is 4.13. The number of hydrogen-bond donors (Lipinski definition) is 0. The second-order valence-corrected chi connectivity index (χ2v) is 14.1. The van der Waals surface area contributed by atoms with E-state index in [9.17, 15) is 4.79 Å². The van der Waals surface area contributed by atoms with Crippen molar-refractivity contribution in [2.75, 3.05) is 6.61 Å². The summed E-state index contributed by atoms with van der Waals surface area (Å²) in [6.45, 7) is 8.05. The summed E-state index contributed by atoms with van der Waals surface area (Å²) in [6, 6.07) is 15.4. The number of carbonyl (C=O) groups excluding carboxylic acids is 1. The van der Waals surface area contributed by atoms with Gasteiger partial charge in [0.25, 0.3) is 0 Å². The van der Waals surface area contributed by atoms with Crippen molar-refractivity contribution in [1.82, 2.24) is 14.8 Å². The van der Waals surface area contributed by atoms with E-state index in [1.165, 1.54) is 0 Å². The number of fused-ring (bicyclic) bond motifs is 2. The van der Waals surface area contributed by atoms with Crippen molar-refractivity contribution in [2.24, 2.45) is 0 Å². The Balaban J connectivity index is 1.68. The molecule has 0 aliphatic heterocycles. The predicted octanol–water partition coefficient (Wildman–Crippen LogP) is 5.38. The first-order valence-electron chi connectivity index (χ1n) is 9.83. The van der Waals surface area contributed by atoms with Gasteiger partial charge in [0.15, 0.2) is 6.29 Å². The van der Waals surface area contributed by atoms with Gasteiger partial charge in [-0.25, -0.2) is 4.68 Å². The van der Waals surface area contributed by atoms with E-state index in [-0.39, 0.29) is 0 Å². The van der Waals surface area contributed by atoms with Gasteiger partial charge in [-0.2, -0.15) is 5.10 Å². The van der Waals surface area contributed by atoms with Crippen molar-refractivity contribution >= 4 is 36.0 Å². The van der Waals surface area contributed by atoms with Crippen molar-refractivity contribution in [3.05, 3.63) is 60.6 Å². The molecule has 0 radical (unpaired) electrons. The predicted molar refractivity (Wildman–Crippen MR) is 120 cm³/mol. The van der Waals surface area contributed by atoms with Crippen LogP contribution in [0.15, 0.2) is 54.9 Å². The smallest absolute Gasteiger partial charge is 0.170 e. The van der Waals surface area contributed by atoms with Gasteiger partial charge in [-0.3, -0.25) is 9.78 Å². The Hall–Kier alpha value is -2.83. The quantitative estimate of drug-likeness (QED) is 0.236. The summed E-state index contributed by atoms with van der Waals surface area (Å²) in [5.41, 5.74) is 3.39. The van der Waals surface area contributed by atoms with Crippen molar-refractivity contribution in [3.8, 4) is 11.1 Å². The van der Waals surface area contributed by atoms with Gasteiger partial charge in [0.2, 0.25) is 0 Å². The molecule has 29 heavy (non-hydrogen) atoms. The van der Waals surface area contributed by atoms with Crippen molar-refractivity contribution in [2.45, 2.75) is 32.4 Å². The lowest BCUT2D eigenvalue weighted by Gasteiger charge is -2.15. The highest BCUT2D eigenvalue weighted by atomic mass is 28.3. The Labute approximate surface area is 171 Å². The third-order valence-corrected chi connectivity index (χ3v) is 6.78. The van der Waals surface area contributed by atoms with E-state index in [2.05, 4.69) is 47.9 Å². The van der Waals surface area contributed by atoms with Gasteiger partial charge in [0.1, 0.15) is 12.4 Å². The fourth-order valence-corrected chi connectivity index (χ4v) is 4.19. The molecule has 0 N–H and O–H groups in total. The summed E-state index contributed by atoms with van der Waals surface area (Å²) in [7, 11) is -1.14. The van der Waals surface area contributed by atoms with E-state index >= 15 is 0 Å². The molecule has 0 unspecified atom stereocenters. The Morgan fingerprint density at radius 3 is 2.69 bits per heavy atom. The lowest BCUT2D eigenvalue weighted by Crippen LogP contribution is -2.22. The van der Waals surface area contributed by atoms with Gasteiger partial charge in [-0.15, -0.1) is 0 Å². The van der Waals surface area contributed by atoms with Crippen LogP contribution in [0, 0.1) is 0 Å². The van der Waals surface area contributed by atoms with Gasteiger partial charge < -0.3 is 4.74 Å². The molecule has 2 aromatic carbocycles. The molecule has 5 nitrogen and oxygen atoms in total. The summed E-state index contributed by atoms with van der Waals surface area (Å²) in [5, 5.41) is 7.52. The van der Waals surface area contributed by atoms with Crippen LogP contribution in [0.5, 0.6) is 0 Å². The molecular formula is C23H25N3O2Si. The average Bonchev–Trinajstić information content (AvgIpc) is 3.07. The molecule has 2 aromatic heterocycles. The van der Waals surface area contributed by atoms with Crippen LogP contribution in [0.1, 0.15) is 10.5 Å². The molecule has 148 valence electrons. The maximum Gasteiger partial charge on any atom is 0.170 e. The van der Waals surface area contributed by atoms with Gasteiger partial charge in [-0.1, -0.05) is 50.0 Å². The molecule has 4 aromatic rings. The highest BCUT2D eigenvalue weighted by molar-refractivity contribution is 6.76. The number of rotatable bonds is 7. The summed E-state index contributed by atoms with van der Waals surface area (Å²) in [6.07, 6.45) is 4.55. The van der Waals surface area contributed by atoms with Crippen LogP contribution in [0.4, 0.5) is 0 Å². The number of pyridine rings is 1. The summed E-state index contributed by atoms with van der Waals surface area (Å²) in [4.78, 5) is 16.0. The zero-order valence-electron chi connectivity index (χ0n) is 17.1. The normalized spacial score (nSPS) is 12.0. The van der Waals surface area contributed by atoms with Crippen LogP contribution in [0.2, 0.25) is 25.7 Å². The molecular weight excluding hydrogens is 378 g/mol. The molecule has 0 amide bonds. The minimum absolute atomic E-state index is 0.351. The molecule has 0 fully saturated rings. The summed E-state index contributed by atoms with van der Waals surface area (Å²) < 4.78 is 7.62. The molecule has 0 spiro atoms. The van der Waals surface area contributed by atoms with Gasteiger partial charge in [0.05, 0.1) is 5.52 Å². The van der Waals surface area contributed by atoms with E-state index in [1.54, 1.807) is 4.68 Å². The zero-order chi connectivity index (χ0) is 20.4. The molecule has 6 heteroatoms. The highest BCUT2D eigenvalue weighted by Gasteiger charge is 2.15. The van der Waals surface area contributed by atoms with Gasteiger partial charge in [-0.05, 0) is 29.1 Å². The zero-order valence-corrected chi connectivity index (χ0v) is 18.1. The van der Waals surface area contributed by atoms with Crippen molar-refractivity contribution in [1.29, 1.82) is 0 Å². The fourth-order valence-electron chi connectivity index (χ4n) is 3.43. The summed E-state index contributed by atoms with van der Waals surface area (Å²) in [5.74, 6) is 0. The fraction of sp³-hybridized carbons (Fsp3) is 0.261. The van der Waals surface area contributed by atoms with Crippen LogP contribution < -0.4 is 0 Å². The Bertz CT molecular complexity index is 1170. The monoisotopic (exact) mass is 403 g/mol. The lowest BCUT2D eigenvalue weighted by atomic mass is 9.99. The van der Waals surface area contributed by atoms with E-state index in [1.807, 2.05) is 36.7 Å². The van der Waals surface area contributed by atoms with Crippen molar-refractivity contribution < 1.29 is 9.53 Å². The molecule has 0 bridgehead atoms. The second kappa shape index (κ2) is 7.89. The van der Waals surface area contributed by atoms with Gasteiger partial charge >= 0.3 is 0 Å². The van der Waals surface area contributed by atoms with E-state index in [4.69, 9.17) is 4.74 Å². The first-order chi connectivity index (χ1) is 14.0. The minimum Gasteiger partial charge on any atom is -0.360 e. The molecule has 0 atom stereocenters. The molecule has 0 aliphatic carbocycles. The minimum atomic E-state index is -1.14. The second-order valence-electron chi connectivity index (χ2n) is 8.49. The van der Waals surface area contributed by atoms with E-state index in [0.717, 1.165) is 45.1 Å². The van der Waals surface area contributed by atoms with Crippen LogP contribution >= 0.6 is 0 Å². The molecule has 0 aliphatic rings. The van der Waals surface area contributed by atoms with Gasteiger partial charge in [0, 0.05) is 43.4 Å². The van der Waals surface area contributed by atoms with Crippen molar-refractivity contribution in [3.63, 3.8) is 0 Å². The number of aromatic nitrogens is 3. The molecule has 2 heterocycles. The van der Waals surface area contributed by atoms with Crippen LogP contribution in [-0.2, 0) is 11.5 Å². The van der Waals surface area contributed by atoms with E-state index in [0.29, 0.717) is 19.0 Å². The SMILES string of the molecule is C[Si](C)(C)CCOCn1nc(C=O)c2cc(-c3cncc4ccccc34)ccc21. The standard InChI is InChI=1S/C23H25N3O2Si/c1-29(2,3)11-10-28-16-26-23-9-8-17(12-20(23)22(15-27)25-26)21-14-24-13-18-6-4-5-7-19(18)21/h4-9,12-15H,10-11,16H2,1-3H3. The topological polar surface area (TPSA) is 57.0 Å². The third-order valence-electron chi connectivity index (χ3n) is 5.08. The van der Waals surface area contributed by atoms with Crippen LogP contribution in [0.3, 0.4) is 0 Å².